The van der Waals surface area contributed by atoms with Crippen LogP contribution >= 0.6 is 0 Å². The highest BCUT2D eigenvalue weighted by Gasteiger charge is 2.21. The number of benzene rings is 1. The van der Waals surface area contributed by atoms with Gasteiger partial charge in [-0.2, -0.15) is 0 Å². The van der Waals surface area contributed by atoms with Gasteiger partial charge in [-0.05, 0) is 73.3 Å². The Kier molecular flexibility index (Phi) is 11.2. The second-order valence-corrected chi connectivity index (χ2v) is 9.52. The molecule has 1 saturated heterocycles. The molecule has 7 heteroatoms. The summed E-state index contributed by atoms with van der Waals surface area (Å²) in [6.45, 7) is 7.61. The number of nitrogens with zero attached hydrogens (tertiary/aromatic N) is 4. The molecule has 3 rings (SSSR count). The Bertz CT molecular complexity index is 951. The summed E-state index contributed by atoms with van der Waals surface area (Å²) in [6.07, 6.45) is 11.9. The van der Waals surface area contributed by atoms with Crippen molar-refractivity contribution in [3.05, 3.63) is 53.9 Å². The summed E-state index contributed by atoms with van der Waals surface area (Å²) in [7, 11) is 1.80. The number of piperidine rings is 1. The van der Waals surface area contributed by atoms with Gasteiger partial charge in [0.05, 0.1) is 6.61 Å². The number of hydrogen-bond donors (Lipinski definition) is 1. The van der Waals surface area contributed by atoms with Gasteiger partial charge in [0.25, 0.3) is 0 Å². The highest BCUT2D eigenvalue weighted by atomic mass is 16.5. The molecule has 196 valence electrons. The molecule has 7 nitrogen and oxygen atoms in total. The molecule has 2 aromatic rings. The average molecular weight is 495 g/mol. The minimum atomic E-state index is 0.111. The van der Waals surface area contributed by atoms with Crippen molar-refractivity contribution in [2.24, 2.45) is 5.92 Å². The molecule has 1 N–H and O–H groups in total. The molecular formula is C29H42N4O3. The smallest absolute Gasteiger partial charge is 0.225 e. The second-order valence-electron chi connectivity index (χ2n) is 9.52. The zero-order valence-corrected chi connectivity index (χ0v) is 22.2. The number of anilines is 1. The SMILES string of the molecule is CC/C(=C\CCC(=O)N(C)CCCO)c1ccc(OCC2CCN(c3ncc(CC)cn3)CC2)cc1. The van der Waals surface area contributed by atoms with Crippen LogP contribution in [0.15, 0.2) is 42.7 Å². The van der Waals surface area contributed by atoms with Gasteiger partial charge in [-0.25, -0.2) is 9.97 Å². The Morgan fingerprint density at radius 2 is 1.86 bits per heavy atom. The molecule has 0 saturated carbocycles. The average Bonchev–Trinajstić information content (AvgIpc) is 2.93. The van der Waals surface area contributed by atoms with E-state index in [1.807, 2.05) is 24.5 Å². The van der Waals surface area contributed by atoms with E-state index < -0.39 is 0 Å². The third-order valence-corrected chi connectivity index (χ3v) is 6.92. The van der Waals surface area contributed by atoms with Gasteiger partial charge in [-0.1, -0.05) is 32.1 Å². The lowest BCUT2D eigenvalue weighted by Gasteiger charge is -2.31. The van der Waals surface area contributed by atoms with E-state index in [0.717, 1.165) is 63.5 Å². The molecule has 1 aromatic carbocycles. The van der Waals surface area contributed by atoms with Crippen LogP contribution in [0.2, 0.25) is 0 Å². The molecule has 2 heterocycles. The summed E-state index contributed by atoms with van der Waals surface area (Å²) in [5.41, 5.74) is 3.59. The molecule has 0 atom stereocenters. The summed E-state index contributed by atoms with van der Waals surface area (Å²) >= 11 is 0. The number of allylic oxidation sites excluding steroid dienone is 2. The highest BCUT2D eigenvalue weighted by Crippen LogP contribution is 2.25. The van der Waals surface area contributed by atoms with Gasteiger partial charge in [0.1, 0.15) is 5.75 Å². The predicted molar refractivity (Wildman–Crippen MR) is 145 cm³/mol. The van der Waals surface area contributed by atoms with Crippen molar-refractivity contribution in [2.45, 2.75) is 58.8 Å². The van der Waals surface area contributed by atoms with Gasteiger partial charge in [-0.15, -0.1) is 0 Å². The van der Waals surface area contributed by atoms with Crippen molar-refractivity contribution in [1.82, 2.24) is 14.9 Å². The number of amides is 1. The fraction of sp³-hybridized carbons (Fsp3) is 0.552. The first-order chi connectivity index (χ1) is 17.5. The Morgan fingerprint density at radius 3 is 2.47 bits per heavy atom. The van der Waals surface area contributed by atoms with E-state index in [9.17, 15) is 4.79 Å². The molecule has 0 bridgehead atoms. The third kappa shape index (κ3) is 8.33. The maximum Gasteiger partial charge on any atom is 0.225 e. The van der Waals surface area contributed by atoms with Crippen LogP contribution in [0.25, 0.3) is 5.57 Å². The second kappa shape index (κ2) is 14.6. The van der Waals surface area contributed by atoms with Crippen molar-refractivity contribution in [1.29, 1.82) is 0 Å². The van der Waals surface area contributed by atoms with Crippen molar-refractivity contribution in [3.63, 3.8) is 0 Å². The molecule has 1 aliphatic rings. The van der Waals surface area contributed by atoms with Crippen LogP contribution in [0.4, 0.5) is 5.95 Å². The van der Waals surface area contributed by atoms with Crippen LogP contribution in [-0.2, 0) is 11.2 Å². The number of rotatable bonds is 13. The van der Waals surface area contributed by atoms with Crippen LogP contribution in [0.1, 0.15) is 63.5 Å². The molecule has 36 heavy (non-hydrogen) atoms. The predicted octanol–water partition coefficient (Wildman–Crippen LogP) is 4.75. The number of aliphatic hydroxyl groups excluding tert-OH is 1. The van der Waals surface area contributed by atoms with E-state index in [1.165, 1.54) is 16.7 Å². The van der Waals surface area contributed by atoms with Crippen LogP contribution in [0, 0.1) is 5.92 Å². The summed E-state index contributed by atoms with van der Waals surface area (Å²) in [5.74, 6) is 2.39. The molecule has 0 aliphatic carbocycles. The number of carbonyl (C=O) groups is 1. The monoisotopic (exact) mass is 494 g/mol. The summed E-state index contributed by atoms with van der Waals surface area (Å²) < 4.78 is 6.12. The van der Waals surface area contributed by atoms with Crippen molar-refractivity contribution >= 4 is 17.4 Å². The van der Waals surface area contributed by atoms with Crippen LogP contribution in [-0.4, -0.2) is 65.8 Å². The minimum Gasteiger partial charge on any atom is -0.493 e. The highest BCUT2D eigenvalue weighted by molar-refractivity contribution is 5.76. The van der Waals surface area contributed by atoms with Gasteiger partial charge in [0, 0.05) is 52.1 Å². The fourth-order valence-corrected chi connectivity index (χ4v) is 4.43. The van der Waals surface area contributed by atoms with Crippen LogP contribution in [0.5, 0.6) is 5.75 Å². The Hall–Kier alpha value is -2.93. The first-order valence-corrected chi connectivity index (χ1v) is 13.4. The van der Waals surface area contributed by atoms with E-state index in [2.05, 4.69) is 46.9 Å². The Balaban J connectivity index is 1.42. The number of ether oxygens (including phenoxy) is 1. The topological polar surface area (TPSA) is 78.8 Å². The lowest BCUT2D eigenvalue weighted by atomic mass is 9.98. The summed E-state index contributed by atoms with van der Waals surface area (Å²) in [6, 6.07) is 8.31. The number of aromatic nitrogens is 2. The molecule has 1 amide bonds. The fourth-order valence-electron chi connectivity index (χ4n) is 4.43. The number of aryl methyl sites for hydroxylation is 1. The number of aliphatic hydroxyl groups is 1. The molecule has 1 fully saturated rings. The molecule has 0 radical (unpaired) electrons. The Labute approximate surface area is 216 Å². The van der Waals surface area contributed by atoms with Gasteiger partial charge in [-0.3, -0.25) is 4.79 Å². The van der Waals surface area contributed by atoms with E-state index >= 15 is 0 Å². The summed E-state index contributed by atoms with van der Waals surface area (Å²) in [5, 5.41) is 8.92. The van der Waals surface area contributed by atoms with E-state index in [0.29, 0.717) is 25.3 Å². The third-order valence-electron chi connectivity index (χ3n) is 6.92. The largest absolute Gasteiger partial charge is 0.493 e. The van der Waals surface area contributed by atoms with E-state index in [1.54, 1.807) is 11.9 Å². The molecule has 1 aromatic heterocycles. The first kappa shape index (κ1) is 27.7. The van der Waals surface area contributed by atoms with Gasteiger partial charge in [0.2, 0.25) is 11.9 Å². The number of carbonyl (C=O) groups excluding carboxylic acids is 1. The zero-order valence-electron chi connectivity index (χ0n) is 22.2. The van der Waals surface area contributed by atoms with Gasteiger partial charge < -0.3 is 19.6 Å². The summed E-state index contributed by atoms with van der Waals surface area (Å²) in [4.78, 5) is 25.2. The number of hydrogen-bond acceptors (Lipinski definition) is 6. The lowest BCUT2D eigenvalue weighted by molar-refractivity contribution is -0.129. The first-order valence-electron chi connectivity index (χ1n) is 13.4. The standard InChI is InChI=1S/C29H42N4O3/c1-4-23-20-30-29(31-21-23)33-17-14-24(15-18-33)22-36-27-12-10-26(11-13-27)25(5-2)8-6-9-28(35)32(3)16-7-19-34/h8,10-13,20-21,24,34H,4-7,9,14-19,22H2,1-3H3/b25-8+. The van der Waals surface area contributed by atoms with Crippen LogP contribution in [0.3, 0.4) is 0 Å². The normalized spacial score (nSPS) is 14.7. The van der Waals surface area contributed by atoms with Crippen LogP contribution < -0.4 is 9.64 Å². The molecule has 0 spiro atoms. The molecule has 1 aliphatic heterocycles. The van der Waals surface area contributed by atoms with Gasteiger partial charge >= 0.3 is 0 Å². The quantitative estimate of drug-likeness (QED) is 0.433. The molecule has 0 unspecified atom stereocenters. The van der Waals surface area contributed by atoms with Gasteiger partial charge in [0.15, 0.2) is 0 Å². The minimum absolute atomic E-state index is 0.111. The van der Waals surface area contributed by atoms with Crippen molar-refractivity contribution < 1.29 is 14.6 Å². The van der Waals surface area contributed by atoms with E-state index in [-0.39, 0.29) is 12.5 Å². The maximum absolute atomic E-state index is 12.2. The van der Waals surface area contributed by atoms with Crippen molar-refractivity contribution in [2.75, 3.05) is 44.8 Å². The van der Waals surface area contributed by atoms with Crippen molar-refractivity contribution in [3.8, 4) is 5.75 Å². The molecular weight excluding hydrogens is 452 g/mol. The zero-order chi connectivity index (χ0) is 25.8. The lowest BCUT2D eigenvalue weighted by Crippen LogP contribution is -2.36. The maximum atomic E-state index is 12.2. The van der Waals surface area contributed by atoms with E-state index in [4.69, 9.17) is 9.84 Å². The Morgan fingerprint density at radius 1 is 1.17 bits per heavy atom.